The SMILES string of the molecule is CN1CCOCCOCCOCCOCCN(C)c2ccc1cc2. The van der Waals surface area contributed by atoms with Gasteiger partial charge in [-0.1, -0.05) is 0 Å². The van der Waals surface area contributed by atoms with E-state index in [1.807, 2.05) is 0 Å². The molecule has 0 unspecified atom stereocenters. The molecule has 0 fully saturated rings. The van der Waals surface area contributed by atoms with E-state index in [1.54, 1.807) is 0 Å². The van der Waals surface area contributed by atoms with Gasteiger partial charge in [0.1, 0.15) is 0 Å². The van der Waals surface area contributed by atoms with Crippen LogP contribution in [0.2, 0.25) is 0 Å². The third-order valence-electron chi connectivity index (χ3n) is 3.99. The summed E-state index contributed by atoms with van der Waals surface area (Å²) in [6, 6.07) is 8.56. The first-order valence-corrected chi connectivity index (χ1v) is 8.60. The van der Waals surface area contributed by atoms with Crippen molar-refractivity contribution in [3.05, 3.63) is 24.3 Å². The fourth-order valence-corrected chi connectivity index (χ4v) is 2.38. The van der Waals surface area contributed by atoms with Crippen molar-refractivity contribution >= 4 is 11.4 Å². The quantitative estimate of drug-likeness (QED) is 0.670. The van der Waals surface area contributed by atoms with Gasteiger partial charge in [-0.3, -0.25) is 0 Å². The monoisotopic (exact) mass is 338 g/mol. The van der Waals surface area contributed by atoms with Crippen LogP contribution in [0.25, 0.3) is 0 Å². The molecule has 0 radical (unpaired) electrons. The Morgan fingerprint density at radius 3 is 1.17 bits per heavy atom. The number of hydrogen-bond donors (Lipinski definition) is 0. The topological polar surface area (TPSA) is 43.4 Å². The largest absolute Gasteiger partial charge is 0.377 e. The van der Waals surface area contributed by atoms with Crippen molar-refractivity contribution in [1.29, 1.82) is 0 Å². The third kappa shape index (κ3) is 7.05. The minimum absolute atomic E-state index is 0.595. The number of hydrogen-bond acceptors (Lipinski definition) is 6. The summed E-state index contributed by atoms with van der Waals surface area (Å²) in [6.45, 7) is 6.70. The number of benzene rings is 1. The van der Waals surface area contributed by atoms with Gasteiger partial charge in [0, 0.05) is 38.6 Å². The molecule has 2 aliphatic rings. The van der Waals surface area contributed by atoms with Crippen LogP contribution in [0.1, 0.15) is 0 Å². The molecule has 0 saturated heterocycles. The van der Waals surface area contributed by atoms with Gasteiger partial charge in [-0.25, -0.2) is 0 Å². The highest BCUT2D eigenvalue weighted by Gasteiger charge is 2.04. The summed E-state index contributed by atoms with van der Waals surface area (Å²) in [5.41, 5.74) is 2.38. The average molecular weight is 338 g/mol. The highest BCUT2D eigenvalue weighted by atomic mass is 16.6. The molecular formula is C18H30N2O4. The molecule has 0 aliphatic carbocycles. The molecule has 2 heterocycles. The number of nitrogens with zero attached hydrogens (tertiary/aromatic N) is 2. The summed E-state index contributed by atoms with van der Waals surface area (Å²) in [5, 5.41) is 0. The average Bonchev–Trinajstić information content (AvgIpc) is 2.61. The normalized spacial score (nSPS) is 20.1. The maximum absolute atomic E-state index is 5.61. The highest BCUT2D eigenvalue weighted by molar-refractivity contribution is 5.55. The lowest BCUT2D eigenvalue weighted by molar-refractivity contribution is -0.000265. The fourth-order valence-electron chi connectivity index (χ4n) is 2.38. The van der Waals surface area contributed by atoms with Crippen LogP contribution >= 0.6 is 0 Å². The van der Waals surface area contributed by atoms with E-state index < -0.39 is 0 Å². The molecule has 0 aromatic heterocycles. The highest BCUT2D eigenvalue weighted by Crippen LogP contribution is 2.19. The van der Waals surface area contributed by atoms with Gasteiger partial charge in [-0.15, -0.1) is 0 Å². The van der Waals surface area contributed by atoms with Gasteiger partial charge in [0.15, 0.2) is 0 Å². The van der Waals surface area contributed by atoms with E-state index in [9.17, 15) is 0 Å². The Hall–Kier alpha value is -1.34. The van der Waals surface area contributed by atoms with E-state index in [4.69, 9.17) is 18.9 Å². The molecular weight excluding hydrogens is 308 g/mol. The van der Waals surface area contributed by atoms with Crippen LogP contribution in [0.3, 0.4) is 0 Å². The summed E-state index contributed by atoms with van der Waals surface area (Å²) in [4.78, 5) is 4.39. The molecule has 24 heavy (non-hydrogen) atoms. The lowest BCUT2D eigenvalue weighted by Gasteiger charge is -2.22. The van der Waals surface area contributed by atoms with Gasteiger partial charge >= 0.3 is 0 Å². The summed E-state index contributed by atoms with van der Waals surface area (Å²) in [7, 11) is 4.16. The predicted octanol–water partition coefficient (Wildman–Crippen LogP) is 1.64. The molecule has 2 aliphatic heterocycles. The van der Waals surface area contributed by atoms with Crippen LogP contribution in [-0.4, -0.2) is 80.0 Å². The van der Waals surface area contributed by atoms with E-state index in [-0.39, 0.29) is 0 Å². The molecule has 3 rings (SSSR count). The minimum Gasteiger partial charge on any atom is -0.377 e. The molecule has 2 bridgehead atoms. The Balaban J connectivity index is 1.86. The van der Waals surface area contributed by atoms with Gasteiger partial charge in [-0.05, 0) is 24.3 Å². The first-order valence-electron chi connectivity index (χ1n) is 8.60. The smallest absolute Gasteiger partial charge is 0.0701 e. The molecule has 1 aromatic carbocycles. The molecule has 0 saturated carbocycles. The van der Waals surface area contributed by atoms with Crippen LogP contribution in [0.4, 0.5) is 11.4 Å². The first kappa shape index (κ1) is 19.0. The van der Waals surface area contributed by atoms with Crippen LogP contribution in [-0.2, 0) is 18.9 Å². The molecule has 0 spiro atoms. The zero-order valence-corrected chi connectivity index (χ0v) is 14.9. The van der Waals surface area contributed by atoms with E-state index in [0.717, 1.165) is 13.1 Å². The second-order valence-corrected chi connectivity index (χ2v) is 5.81. The van der Waals surface area contributed by atoms with Crippen molar-refractivity contribution in [1.82, 2.24) is 0 Å². The molecule has 136 valence electrons. The second-order valence-electron chi connectivity index (χ2n) is 5.81. The molecule has 1 aromatic rings. The summed E-state index contributed by atoms with van der Waals surface area (Å²) in [5.74, 6) is 0. The summed E-state index contributed by atoms with van der Waals surface area (Å²) < 4.78 is 22.1. The van der Waals surface area contributed by atoms with Crippen LogP contribution in [0.15, 0.2) is 24.3 Å². The first-order chi connectivity index (χ1) is 11.8. The maximum atomic E-state index is 5.61. The number of anilines is 2. The van der Waals surface area contributed by atoms with Gasteiger partial charge < -0.3 is 28.7 Å². The fraction of sp³-hybridized carbons (Fsp3) is 0.667. The van der Waals surface area contributed by atoms with Crippen molar-refractivity contribution in [2.75, 3.05) is 89.8 Å². The van der Waals surface area contributed by atoms with Crippen LogP contribution in [0.5, 0.6) is 0 Å². The van der Waals surface area contributed by atoms with E-state index >= 15 is 0 Å². The number of likely N-dealkylation sites (N-methyl/N-ethyl adjacent to an activating group) is 2. The lowest BCUT2D eigenvalue weighted by Crippen LogP contribution is -2.25. The van der Waals surface area contributed by atoms with Gasteiger partial charge in [0.25, 0.3) is 0 Å². The van der Waals surface area contributed by atoms with E-state index in [2.05, 4.69) is 48.2 Å². The van der Waals surface area contributed by atoms with Crippen molar-refractivity contribution < 1.29 is 18.9 Å². The summed E-state index contributed by atoms with van der Waals surface area (Å²) in [6.07, 6.45) is 0. The Morgan fingerprint density at radius 2 is 0.833 bits per heavy atom. The van der Waals surface area contributed by atoms with Gasteiger partial charge in [0.05, 0.1) is 52.9 Å². The Morgan fingerprint density at radius 1 is 0.542 bits per heavy atom. The zero-order valence-electron chi connectivity index (χ0n) is 14.9. The van der Waals surface area contributed by atoms with Crippen molar-refractivity contribution in [3.8, 4) is 0 Å². The molecule has 0 atom stereocenters. The standard InChI is InChI=1S/C18H30N2O4/c1-19-7-9-21-11-13-23-15-16-24-14-12-22-10-8-20(2)18-5-3-17(19)4-6-18/h3-6H,7-16H2,1-2H3. The van der Waals surface area contributed by atoms with E-state index in [0.29, 0.717) is 52.9 Å². The maximum Gasteiger partial charge on any atom is 0.0701 e. The van der Waals surface area contributed by atoms with Gasteiger partial charge in [0.2, 0.25) is 0 Å². The molecule has 6 nitrogen and oxygen atoms in total. The third-order valence-corrected chi connectivity index (χ3v) is 3.99. The Bertz CT molecular complexity index is 400. The van der Waals surface area contributed by atoms with Crippen molar-refractivity contribution in [3.63, 3.8) is 0 Å². The molecule has 0 N–H and O–H groups in total. The Kier molecular flexibility index (Phi) is 8.91. The summed E-state index contributed by atoms with van der Waals surface area (Å²) >= 11 is 0. The number of ether oxygens (including phenoxy) is 4. The van der Waals surface area contributed by atoms with Gasteiger partial charge in [-0.2, -0.15) is 0 Å². The number of fused-ring (bicyclic) bond motifs is 17. The van der Waals surface area contributed by atoms with Crippen LogP contribution < -0.4 is 9.80 Å². The zero-order chi connectivity index (χ0) is 17.0. The predicted molar refractivity (Wildman–Crippen MR) is 96.3 cm³/mol. The molecule has 0 amide bonds. The Labute approximate surface area is 145 Å². The number of rotatable bonds is 0. The lowest BCUT2D eigenvalue weighted by atomic mass is 10.2. The second kappa shape index (κ2) is 11.3. The van der Waals surface area contributed by atoms with Crippen molar-refractivity contribution in [2.24, 2.45) is 0 Å². The van der Waals surface area contributed by atoms with Crippen LogP contribution in [0, 0.1) is 0 Å². The van der Waals surface area contributed by atoms with E-state index in [1.165, 1.54) is 11.4 Å². The minimum atomic E-state index is 0.595. The van der Waals surface area contributed by atoms with Crippen molar-refractivity contribution in [2.45, 2.75) is 0 Å². The molecule has 6 heteroatoms.